The van der Waals surface area contributed by atoms with Crippen LogP contribution in [0.1, 0.15) is 219 Å². The Balaban J connectivity index is 0.00000590. The van der Waals surface area contributed by atoms with Gasteiger partial charge < -0.3 is 9.90 Å². The van der Waals surface area contributed by atoms with Crippen LogP contribution >= 0.6 is 0 Å². The maximum atomic E-state index is 8.25. The first-order valence-electron chi connectivity index (χ1n) is 19.9. The van der Waals surface area contributed by atoms with Crippen molar-refractivity contribution in [3.63, 3.8) is 0 Å². The van der Waals surface area contributed by atoms with Crippen LogP contribution in [-0.4, -0.2) is 11.0 Å². The van der Waals surface area contributed by atoms with Gasteiger partial charge in [0.15, 0.2) is 0 Å². The average Bonchev–Trinajstić information content (AvgIpc) is 3.48. The molecule has 0 bridgehead atoms. The van der Waals surface area contributed by atoms with Gasteiger partial charge in [0, 0.05) is 6.47 Å². The standard InChI is InChI=1S/C39H77N2.CH2O2/c1-3-5-7-9-11-13-15-17-19-21-23-25-27-29-31-33-35-40-37-38-41(39-40)36-34-32-30-28-26-24-22-20-18-16-14-12-10-8-6-4-2;2-1-3/h37-39H,3-36H2,1-2H3;1H,(H,2,3)/q+1;/p-1. The number of carbonyl (C=O) groups excluding carboxylic acids is 1. The molecule has 1 aromatic heterocycles. The molecule has 44 heavy (non-hydrogen) atoms. The van der Waals surface area contributed by atoms with Crippen molar-refractivity contribution in [2.24, 2.45) is 0 Å². The van der Waals surface area contributed by atoms with Crippen LogP contribution in [0.3, 0.4) is 0 Å². The van der Waals surface area contributed by atoms with E-state index in [0.717, 1.165) is 0 Å². The molecule has 0 N–H and O–H groups in total. The van der Waals surface area contributed by atoms with E-state index in [9.17, 15) is 0 Å². The largest absolute Gasteiger partial charge is 0.554 e. The highest BCUT2D eigenvalue weighted by Crippen LogP contribution is 2.15. The Morgan fingerprint density at radius 2 is 0.750 bits per heavy atom. The fourth-order valence-corrected chi connectivity index (χ4v) is 6.39. The van der Waals surface area contributed by atoms with Crippen molar-refractivity contribution in [2.75, 3.05) is 0 Å². The summed E-state index contributed by atoms with van der Waals surface area (Å²) in [6.45, 7) is 6.51. The Morgan fingerprint density at radius 1 is 0.477 bits per heavy atom. The maximum absolute atomic E-state index is 8.25. The zero-order valence-electron chi connectivity index (χ0n) is 30.1. The molecule has 0 fully saturated rings. The number of carbonyl (C=O) groups is 1. The smallest absolute Gasteiger partial charge is 0.243 e. The first kappa shape index (κ1) is 42.7. The molecule has 4 nitrogen and oxygen atoms in total. The Morgan fingerprint density at radius 3 is 1.07 bits per heavy atom. The zero-order valence-corrected chi connectivity index (χ0v) is 30.1. The molecule has 1 aromatic rings. The first-order chi connectivity index (χ1) is 21.8. The van der Waals surface area contributed by atoms with Gasteiger partial charge in [-0.15, -0.1) is 0 Å². The minimum atomic E-state index is -0.500. The molecule has 0 spiro atoms. The van der Waals surface area contributed by atoms with Gasteiger partial charge in [0.2, 0.25) is 6.33 Å². The van der Waals surface area contributed by atoms with E-state index in [1.807, 2.05) is 0 Å². The summed E-state index contributed by atoms with van der Waals surface area (Å²) < 4.78 is 4.83. The van der Waals surface area contributed by atoms with E-state index in [0.29, 0.717) is 0 Å². The predicted octanol–water partition coefficient (Wildman–Crippen LogP) is 11.7. The Kier molecular flexibility index (Phi) is 36.7. The van der Waals surface area contributed by atoms with E-state index in [-0.39, 0.29) is 0 Å². The van der Waals surface area contributed by atoms with Crippen LogP contribution < -0.4 is 9.67 Å². The van der Waals surface area contributed by atoms with Crippen LogP contribution in [0, 0.1) is 0 Å². The second kappa shape index (κ2) is 37.9. The second-order valence-electron chi connectivity index (χ2n) is 13.6. The number of hydrogen-bond donors (Lipinski definition) is 0. The van der Waals surface area contributed by atoms with Gasteiger partial charge in [-0.2, -0.15) is 0 Å². The number of aromatic nitrogens is 2. The highest BCUT2D eigenvalue weighted by molar-refractivity contribution is 5.29. The lowest BCUT2D eigenvalue weighted by Crippen LogP contribution is -2.30. The van der Waals surface area contributed by atoms with Crippen molar-refractivity contribution in [3.05, 3.63) is 18.7 Å². The molecule has 4 heteroatoms. The molecule has 0 saturated heterocycles. The third-order valence-corrected chi connectivity index (χ3v) is 9.29. The third-order valence-electron chi connectivity index (χ3n) is 9.29. The van der Waals surface area contributed by atoms with Crippen LogP contribution in [0.25, 0.3) is 0 Å². The summed E-state index contributed by atoms with van der Waals surface area (Å²) in [5.41, 5.74) is 0. The Hall–Kier alpha value is -1.32. The summed E-state index contributed by atoms with van der Waals surface area (Å²) in [5, 5.41) is 8.25. The molecule has 0 saturated carbocycles. The molecule has 0 amide bonds. The fraction of sp³-hybridized carbons (Fsp3) is 0.900. The van der Waals surface area contributed by atoms with Crippen LogP contribution in [0.2, 0.25) is 0 Å². The summed E-state index contributed by atoms with van der Waals surface area (Å²) in [6, 6.07) is 0. The van der Waals surface area contributed by atoms with Crippen molar-refractivity contribution in [1.29, 1.82) is 0 Å². The lowest BCUT2D eigenvalue weighted by atomic mass is 10.0. The van der Waals surface area contributed by atoms with Crippen LogP contribution in [0.5, 0.6) is 0 Å². The maximum Gasteiger partial charge on any atom is 0.243 e. The molecular weight excluding hydrogens is 540 g/mol. The number of nitrogens with zero attached hydrogens (tertiary/aromatic N) is 2. The quantitative estimate of drug-likeness (QED) is 0.0438. The van der Waals surface area contributed by atoms with E-state index in [1.165, 1.54) is 219 Å². The lowest BCUT2D eigenvalue weighted by molar-refractivity contribution is -0.696. The number of aryl methyl sites for hydroxylation is 2. The predicted molar refractivity (Wildman–Crippen MR) is 190 cm³/mol. The SMILES string of the molecule is CCCCCCCCCCCCCCCCCCn1cc[n+](CCCCCCCCCCCCCCCCCC)c1.O=C[O-]. The highest BCUT2D eigenvalue weighted by atomic mass is 16.3. The average molecular weight is 619 g/mol. The van der Waals surface area contributed by atoms with Crippen molar-refractivity contribution in [2.45, 2.75) is 232 Å². The number of unbranched alkanes of at least 4 members (excludes halogenated alkanes) is 30. The zero-order chi connectivity index (χ0) is 32.0. The molecule has 0 atom stereocenters. The van der Waals surface area contributed by atoms with E-state index in [2.05, 4.69) is 41.7 Å². The summed E-state index contributed by atoms with van der Waals surface area (Å²) >= 11 is 0. The van der Waals surface area contributed by atoms with Gasteiger partial charge in [-0.05, 0) is 25.7 Å². The van der Waals surface area contributed by atoms with Crippen LogP contribution in [0.15, 0.2) is 18.7 Å². The minimum Gasteiger partial charge on any atom is -0.554 e. The Labute approximate surface area is 276 Å². The van der Waals surface area contributed by atoms with E-state index < -0.39 is 6.47 Å². The normalized spacial score (nSPS) is 11.0. The minimum absolute atomic E-state index is 0.500. The Bertz CT molecular complexity index is 609. The van der Waals surface area contributed by atoms with Gasteiger partial charge in [0.25, 0.3) is 0 Å². The van der Waals surface area contributed by atoms with Gasteiger partial charge in [-0.1, -0.05) is 194 Å². The van der Waals surface area contributed by atoms with Crippen molar-refractivity contribution in [3.8, 4) is 0 Å². The molecular formula is C40H78N2O2. The molecule has 1 rings (SSSR count). The molecule has 0 radical (unpaired) electrons. The van der Waals surface area contributed by atoms with Crippen molar-refractivity contribution >= 4 is 6.47 Å². The number of carboxylic acid groups (broad SMARTS) is 1. The number of imidazole rings is 1. The van der Waals surface area contributed by atoms with E-state index in [1.54, 1.807) is 0 Å². The molecule has 0 aliphatic rings. The summed E-state index contributed by atoms with van der Waals surface area (Å²) in [4.78, 5) is 8.25. The summed E-state index contributed by atoms with van der Waals surface area (Å²) in [6.07, 6.45) is 53.2. The van der Waals surface area contributed by atoms with Gasteiger partial charge in [-0.25, -0.2) is 9.13 Å². The molecule has 0 aliphatic heterocycles. The third kappa shape index (κ3) is 33.6. The molecule has 0 aromatic carbocycles. The first-order valence-corrected chi connectivity index (χ1v) is 19.9. The van der Waals surface area contributed by atoms with Crippen molar-refractivity contribution in [1.82, 2.24) is 4.57 Å². The van der Waals surface area contributed by atoms with Crippen LogP contribution in [-0.2, 0) is 17.9 Å². The van der Waals surface area contributed by atoms with Crippen molar-refractivity contribution < 1.29 is 14.5 Å². The topological polar surface area (TPSA) is 48.9 Å². The summed E-state index contributed by atoms with van der Waals surface area (Å²) in [7, 11) is 0. The van der Waals surface area contributed by atoms with E-state index in [4.69, 9.17) is 9.90 Å². The van der Waals surface area contributed by atoms with Gasteiger partial charge in [-0.3, -0.25) is 0 Å². The summed E-state index contributed by atoms with van der Waals surface area (Å²) in [5.74, 6) is 0. The second-order valence-corrected chi connectivity index (χ2v) is 13.6. The lowest BCUT2D eigenvalue weighted by Gasteiger charge is -2.03. The molecule has 260 valence electrons. The van der Waals surface area contributed by atoms with Gasteiger partial charge in [0.1, 0.15) is 12.4 Å². The highest BCUT2D eigenvalue weighted by Gasteiger charge is 2.04. The molecule has 0 unspecified atom stereocenters. The van der Waals surface area contributed by atoms with Gasteiger partial charge in [0.05, 0.1) is 13.1 Å². The fourth-order valence-electron chi connectivity index (χ4n) is 6.39. The van der Waals surface area contributed by atoms with Gasteiger partial charge >= 0.3 is 0 Å². The monoisotopic (exact) mass is 619 g/mol. The number of rotatable bonds is 34. The number of hydrogen-bond acceptors (Lipinski definition) is 2. The van der Waals surface area contributed by atoms with E-state index >= 15 is 0 Å². The molecule has 0 aliphatic carbocycles. The molecule has 1 heterocycles. The van der Waals surface area contributed by atoms with Crippen LogP contribution in [0.4, 0.5) is 0 Å².